The van der Waals surface area contributed by atoms with Crippen LogP contribution in [0.5, 0.6) is 0 Å². The summed E-state index contributed by atoms with van der Waals surface area (Å²) in [6.07, 6.45) is 2.20. The predicted molar refractivity (Wildman–Crippen MR) is 66.4 cm³/mol. The number of imide groups is 1. The fourth-order valence-electron chi connectivity index (χ4n) is 1.13. The summed E-state index contributed by atoms with van der Waals surface area (Å²) in [5, 5.41) is 4.49. The number of carbonyl (C=O) groups excluding carboxylic acids is 3. The fourth-order valence-corrected chi connectivity index (χ4v) is 1.13. The van der Waals surface area contributed by atoms with Crippen LogP contribution in [0.4, 0.5) is 4.79 Å². The minimum Gasteiger partial charge on any atom is -0.451 e. The third kappa shape index (κ3) is 5.62. The molecule has 0 unspecified atom stereocenters. The molecule has 2 N–H and O–H groups in total. The first-order valence-electron chi connectivity index (χ1n) is 5.79. The highest BCUT2D eigenvalue weighted by Gasteiger charge is 2.12. The van der Waals surface area contributed by atoms with E-state index in [1.807, 2.05) is 12.2 Å². The normalized spacial score (nSPS) is 9.53. The van der Waals surface area contributed by atoms with Gasteiger partial charge in [-0.05, 0) is 18.6 Å². The lowest BCUT2D eigenvalue weighted by molar-refractivity contribution is -0.123. The lowest BCUT2D eigenvalue weighted by Gasteiger charge is -2.06. The number of nitrogens with zero attached hydrogens (tertiary/aromatic N) is 1. The van der Waals surface area contributed by atoms with E-state index in [0.29, 0.717) is 6.54 Å². The highest BCUT2D eigenvalue weighted by atomic mass is 16.5. The Kier molecular flexibility index (Phi) is 6.00. The van der Waals surface area contributed by atoms with Crippen molar-refractivity contribution in [1.29, 1.82) is 0 Å². The van der Waals surface area contributed by atoms with E-state index in [1.54, 1.807) is 12.1 Å². The number of hydrogen-bond acceptors (Lipinski definition) is 5. The number of rotatable bonds is 5. The van der Waals surface area contributed by atoms with E-state index in [9.17, 15) is 14.4 Å². The van der Waals surface area contributed by atoms with Crippen LogP contribution < -0.4 is 10.6 Å². The Morgan fingerprint density at radius 1 is 1.32 bits per heavy atom. The van der Waals surface area contributed by atoms with Gasteiger partial charge in [0.25, 0.3) is 5.91 Å². The lowest BCUT2D eigenvalue weighted by atomic mass is 10.3. The third-order valence-electron chi connectivity index (χ3n) is 2.00. The van der Waals surface area contributed by atoms with Gasteiger partial charge in [0.2, 0.25) is 0 Å². The zero-order valence-corrected chi connectivity index (χ0v) is 10.5. The first kappa shape index (κ1) is 14.6. The number of ether oxygens (including phenoxy) is 1. The Balaban J connectivity index is 2.30. The fraction of sp³-hybridized carbons (Fsp3) is 0.333. The van der Waals surface area contributed by atoms with Crippen molar-refractivity contribution >= 4 is 17.9 Å². The largest absolute Gasteiger partial charge is 0.451 e. The van der Waals surface area contributed by atoms with Crippen molar-refractivity contribution in [3.63, 3.8) is 0 Å². The van der Waals surface area contributed by atoms with Crippen LogP contribution in [-0.2, 0) is 9.53 Å². The van der Waals surface area contributed by atoms with E-state index in [0.717, 1.165) is 6.42 Å². The van der Waals surface area contributed by atoms with Crippen molar-refractivity contribution in [1.82, 2.24) is 15.6 Å². The molecule has 102 valence electrons. The highest BCUT2D eigenvalue weighted by Crippen LogP contribution is 1.96. The Hall–Kier alpha value is -2.44. The zero-order chi connectivity index (χ0) is 14.1. The maximum absolute atomic E-state index is 11.4. The first-order valence-corrected chi connectivity index (χ1v) is 5.79. The van der Waals surface area contributed by atoms with Crippen LogP contribution in [0.15, 0.2) is 24.4 Å². The van der Waals surface area contributed by atoms with Crippen LogP contribution in [0.25, 0.3) is 0 Å². The molecule has 0 radical (unpaired) electrons. The van der Waals surface area contributed by atoms with Gasteiger partial charge in [0, 0.05) is 12.7 Å². The molecule has 0 bridgehead atoms. The summed E-state index contributed by atoms with van der Waals surface area (Å²) < 4.78 is 4.70. The van der Waals surface area contributed by atoms with E-state index < -0.39 is 24.5 Å². The molecule has 0 aromatic carbocycles. The number of aromatic nitrogens is 1. The molecule has 0 aliphatic rings. The number of amides is 3. The standard InChI is InChI=1S/C12H15N3O4/c1-2-6-14-12(18)15-10(16)8-19-11(17)9-5-3-4-7-13-9/h3-5,7H,2,6,8H2,1H3,(H2,14,15,16,18). The second kappa shape index (κ2) is 7.80. The van der Waals surface area contributed by atoms with E-state index in [4.69, 9.17) is 4.74 Å². The average molecular weight is 265 g/mol. The van der Waals surface area contributed by atoms with Crippen molar-refractivity contribution < 1.29 is 19.1 Å². The molecule has 0 spiro atoms. The monoisotopic (exact) mass is 265 g/mol. The van der Waals surface area contributed by atoms with Gasteiger partial charge in [0.15, 0.2) is 6.61 Å². The van der Waals surface area contributed by atoms with Crippen molar-refractivity contribution in [2.75, 3.05) is 13.2 Å². The molecule has 7 heteroatoms. The quantitative estimate of drug-likeness (QED) is 0.754. The predicted octanol–water partition coefficient (Wildman–Crippen LogP) is 0.474. The summed E-state index contributed by atoms with van der Waals surface area (Å²) in [7, 11) is 0. The molecule has 3 amide bonds. The molecular weight excluding hydrogens is 250 g/mol. The van der Waals surface area contributed by atoms with Crippen LogP contribution in [0.3, 0.4) is 0 Å². The summed E-state index contributed by atoms with van der Waals surface area (Å²) in [6, 6.07) is 4.14. The second-order valence-corrected chi connectivity index (χ2v) is 3.60. The molecule has 1 aromatic rings. The summed E-state index contributed by atoms with van der Waals surface area (Å²) in [5.41, 5.74) is 0.103. The molecule has 0 saturated heterocycles. The maximum atomic E-state index is 11.4. The number of urea groups is 1. The van der Waals surface area contributed by atoms with Crippen LogP contribution in [0, 0.1) is 0 Å². The molecule has 1 aromatic heterocycles. The van der Waals surface area contributed by atoms with Gasteiger partial charge >= 0.3 is 12.0 Å². The van der Waals surface area contributed by atoms with Crippen molar-refractivity contribution in [3.8, 4) is 0 Å². The van der Waals surface area contributed by atoms with Gasteiger partial charge in [-0.1, -0.05) is 13.0 Å². The van der Waals surface area contributed by atoms with E-state index >= 15 is 0 Å². The number of hydrogen-bond donors (Lipinski definition) is 2. The highest BCUT2D eigenvalue weighted by molar-refractivity contribution is 5.96. The third-order valence-corrected chi connectivity index (χ3v) is 2.00. The Morgan fingerprint density at radius 2 is 2.11 bits per heavy atom. The zero-order valence-electron chi connectivity index (χ0n) is 10.5. The second-order valence-electron chi connectivity index (χ2n) is 3.60. The van der Waals surface area contributed by atoms with Gasteiger partial charge < -0.3 is 10.1 Å². The SMILES string of the molecule is CCCNC(=O)NC(=O)COC(=O)c1ccccn1. The van der Waals surface area contributed by atoms with Gasteiger partial charge in [-0.3, -0.25) is 10.1 Å². The molecule has 0 aliphatic carbocycles. The van der Waals surface area contributed by atoms with Gasteiger partial charge in [-0.15, -0.1) is 0 Å². The number of nitrogens with one attached hydrogen (secondary N) is 2. The number of pyridine rings is 1. The topological polar surface area (TPSA) is 97.4 Å². The summed E-state index contributed by atoms with van der Waals surface area (Å²) in [4.78, 5) is 37.6. The van der Waals surface area contributed by atoms with Crippen molar-refractivity contribution in [2.24, 2.45) is 0 Å². The van der Waals surface area contributed by atoms with E-state index in [2.05, 4.69) is 10.3 Å². The molecule has 1 rings (SSSR count). The minimum absolute atomic E-state index is 0.103. The van der Waals surface area contributed by atoms with Gasteiger partial charge in [-0.25, -0.2) is 14.6 Å². The number of esters is 1. The summed E-state index contributed by atoms with van der Waals surface area (Å²) in [5.74, 6) is -1.41. The summed E-state index contributed by atoms with van der Waals surface area (Å²) in [6.45, 7) is 1.82. The lowest BCUT2D eigenvalue weighted by Crippen LogP contribution is -2.41. The number of carbonyl (C=O) groups is 3. The molecule has 0 saturated carbocycles. The van der Waals surface area contributed by atoms with Crippen molar-refractivity contribution in [3.05, 3.63) is 30.1 Å². The first-order chi connectivity index (χ1) is 9.13. The molecule has 0 aliphatic heterocycles. The van der Waals surface area contributed by atoms with Crippen LogP contribution in [-0.4, -0.2) is 36.0 Å². The Morgan fingerprint density at radius 3 is 2.74 bits per heavy atom. The molecule has 1 heterocycles. The summed E-state index contributed by atoms with van der Waals surface area (Å²) >= 11 is 0. The Labute approximate surface area is 110 Å². The van der Waals surface area contributed by atoms with Gasteiger partial charge in [0.05, 0.1) is 0 Å². The minimum atomic E-state index is -0.718. The van der Waals surface area contributed by atoms with E-state index in [-0.39, 0.29) is 5.69 Å². The molecular formula is C12H15N3O4. The van der Waals surface area contributed by atoms with Crippen molar-refractivity contribution in [2.45, 2.75) is 13.3 Å². The van der Waals surface area contributed by atoms with Gasteiger partial charge in [-0.2, -0.15) is 0 Å². The molecule has 0 fully saturated rings. The Bertz CT molecular complexity index is 448. The maximum Gasteiger partial charge on any atom is 0.357 e. The smallest absolute Gasteiger partial charge is 0.357 e. The van der Waals surface area contributed by atoms with E-state index in [1.165, 1.54) is 12.3 Å². The van der Waals surface area contributed by atoms with Crippen LogP contribution >= 0.6 is 0 Å². The average Bonchev–Trinajstić information content (AvgIpc) is 2.43. The molecule has 19 heavy (non-hydrogen) atoms. The van der Waals surface area contributed by atoms with Crippen LogP contribution in [0.2, 0.25) is 0 Å². The van der Waals surface area contributed by atoms with Crippen LogP contribution in [0.1, 0.15) is 23.8 Å². The molecule has 0 atom stereocenters. The van der Waals surface area contributed by atoms with Gasteiger partial charge in [0.1, 0.15) is 5.69 Å². The molecule has 7 nitrogen and oxygen atoms in total.